The Morgan fingerprint density at radius 1 is 1.47 bits per heavy atom. The molecule has 0 radical (unpaired) electrons. The summed E-state index contributed by atoms with van der Waals surface area (Å²) < 4.78 is 0. The van der Waals surface area contributed by atoms with Crippen molar-refractivity contribution in [2.45, 2.75) is 32.9 Å². The van der Waals surface area contributed by atoms with E-state index in [0.29, 0.717) is 11.2 Å². The van der Waals surface area contributed by atoms with E-state index in [2.05, 4.69) is 35.1 Å². The second-order valence-electron chi connectivity index (χ2n) is 4.29. The quantitative estimate of drug-likeness (QED) is 0.745. The summed E-state index contributed by atoms with van der Waals surface area (Å²) in [4.78, 5) is 10.9. The standard InChI is InChI=1S/C12H20ClN3S/c1-9-7-11(13)15-12(14-9)8-16(3)10(2)5-6-17-4/h7,10H,5-6,8H2,1-4H3. The lowest BCUT2D eigenvalue weighted by Gasteiger charge is -2.23. The zero-order valence-electron chi connectivity index (χ0n) is 10.9. The Morgan fingerprint density at radius 3 is 2.76 bits per heavy atom. The molecule has 5 heteroatoms. The fourth-order valence-corrected chi connectivity index (χ4v) is 2.38. The summed E-state index contributed by atoms with van der Waals surface area (Å²) in [5, 5.41) is 0.526. The first-order valence-corrected chi connectivity index (χ1v) is 7.49. The Bertz CT molecular complexity index is 339. The normalized spacial score (nSPS) is 13.1. The third kappa shape index (κ3) is 5.23. The number of aryl methyl sites for hydroxylation is 1. The number of nitrogens with zero attached hydrogens (tertiary/aromatic N) is 3. The van der Waals surface area contributed by atoms with E-state index in [4.69, 9.17) is 11.6 Å². The van der Waals surface area contributed by atoms with Crippen LogP contribution in [0.25, 0.3) is 0 Å². The fraction of sp³-hybridized carbons (Fsp3) is 0.667. The van der Waals surface area contributed by atoms with E-state index in [1.165, 1.54) is 12.2 Å². The molecule has 17 heavy (non-hydrogen) atoms. The lowest BCUT2D eigenvalue weighted by atomic mass is 10.2. The summed E-state index contributed by atoms with van der Waals surface area (Å²) in [7, 11) is 2.10. The van der Waals surface area contributed by atoms with Gasteiger partial charge in [0.15, 0.2) is 0 Å². The fourth-order valence-electron chi connectivity index (χ4n) is 1.55. The van der Waals surface area contributed by atoms with Crippen molar-refractivity contribution >= 4 is 23.4 Å². The summed E-state index contributed by atoms with van der Waals surface area (Å²) >= 11 is 7.80. The molecule has 0 aliphatic rings. The average Bonchev–Trinajstić information content (AvgIpc) is 2.24. The SMILES string of the molecule is CSCCC(C)N(C)Cc1nc(C)cc(Cl)n1. The first kappa shape index (κ1) is 14.7. The van der Waals surface area contributed by atoms with Crippen LogP contribution in [0.4, 0.5) is 0 Å². The highest BCUT2D eigenvalue weighted by Crippen LogP contribution is 2.11. The molecule has 1 aromatic heterocycles. The van der Waals surface area contributed by atoms with Gasteiger partial charge in [0.25, 0.3) is 0 Å². The Hall–Kier alpha value is -0.320. The predicted molar refractivity (Wildman–Crippen MR) is 75.7 cm³/mol. The molecule has 0 bridgehead atoms. The van der Waals surface area contributed by atoms with Gasteiger partial charge in [-0.15, -0.1) is 0 Å². The Labute approximate surface area is 113 Å². The molecule has 0 fully saturated rings. The third-order valence-electron chi connectivity index (χ3n) is 2.75. The Morgan fingerprint density at radius 2 is 2.18 bits per heavy atom. The smallest absolute Gasteiger partial charge is 0.144 e. The van der Waals surface area contributed by atoms with Gasteiger partial charge in [0.05, 0.1) is 6.54 Å². The van der Waals surface area contributed by atoms with E-state index in [1.807, 2.05) is 18.7 Å². The number of aromatic nitrogens is 2. The van der Waals surface area contributed by atoms with Crippen LogP contribution in [0.5, 0.6) is 0 Å². The molecule has 1 rings (SSSR count). The lowest BCUT2D eigenvalue weighted by Crippen LogP contribution is -2.29. The van der Waals surface area contributed by atoms with Crippen molar-refractivity contribution in [3.63, 3.8) is 0 Å². The second kappa shape index (κ2) is 7.19. The van der Waals surface area contributed by atoms with Gasteiger partial charge in [-0.25, -0.2) is 9.97 Å². The Balaban J connectivity index is 2.57. The van der Waals surface area contributed by atoms with Gasteiger partial charge in [0.1, 0.15) is 11.0 Å². The van der Waals surface area contributed by atoms with Gasteiger partial charge < -0.3 is 0 Å². The Kier molecular flexibility index (Phi) is 6.23. The van der Waals surface area contributed by atoms with E-state index >= 15 is 0 Å². The van der Waals surface area contributed by atoms with Gasteiger partial charge >= 0.3 is 0 Å². The van der Waals surface area contributed by atoms with Crippen LogP contribution < -0.4 is 0 Å². The van der Waals surface area contributed by atoms with Crippen LogP contribution in [-0.2, 0) is 6.54 Å². The van der Waals surface area contributed by atoms with Gasteiger partial charge in [-0.05, 0) is 45.4 Å². The number of rotatable bonds is 6. The number of halogens is 1. The summed E-state index contributed by atoms with van der Waals surface area (Å²) in [5.74, 6) is 1.98. The van der Waals surface area contributed by atoms with Gasteiger partial charge in [0, 0.05) is 11.7 Å². The number of thioether (sulfide) groups is 1. The summed E-state index contributed by atoms with van der Waals surface area (Å²) in [6.07, 6.45) is 3.31. The number of hydrogen-bond donors (Lipinski definition) is 0. The zero-order chi connectivity index (χ0) is 12.8. The summed E-state index contributed by atoms with van der Waals surface area (Å²) in [5.41, 5.74) is 0.921. The van der Waals surface area contributed by atoms with Crippen molar-refractivity contribution in [2.75, 3.05) is 19.1 Å². The second-order valence-corrected chi connectivity index (χ2v) is 5.67. The number of hydrogen-bond acceptors (Lipinski definition) is 4. The first-order valence-electron chi connectivity index (χ1n) is 5.72. The van der Waals surface area contributed by atoms with Crippen molar-refractivity contribution in [1.29, 1.82) is 0 Å². The van der Waals surface area contributed by atoms with E-state index in [-0.39, 0.29) is 0 Å². The van der Waals surface area contributed by atoms with Crippen molar-refractivity contribution < 1.29 is 0 Å². The van der Waals surface area contributed by atoms with Crippen LogP contribution >= 0.6 is 23.4 Å². The highest BCUT2D eigenvalue weighted by molar-refractivity contribution is 7.98. The van der Waals surface area contributed by atoms with Crippen LogP contribution in [-0.4, -0.2) is 40.0 Å². The molecule has 1 aromatic rings. The van der Waals surface area contributed by atoms with E-state index in [0.717, 1.165) is 18.1 Å². The molecule has 0 N–H and O–H groups in total. The largest absolute Gasteiger partial charge is 0.296 e. The minimum absolute atomic E-state index is 0.526. The van der Waals surface area contributed by atoms with Crippen molar-refractivity contribution in [3.05, 3.63) is 22.7 Å². The highest BCUT2D eigenvalue weighted by Gasteiger charge is 2.11. The molecule has 1 unspecified atom stereocenters. The molecule has 0 spiro atoms. The molecular formula is C12H20ClN3S. The van der Waals surface area contributed by atoms with Crippen LogP contribution in [0.15, 0.2) is 6.07 Å². The molecule has 0 aliphatic carbocycles. The van der Waals surface area contributed by atoms with Crippen molar-refractivity contribution in [3.8, 4) is 0 Å². The molecule has 0 aliphatic heterocycles. The topological polar surface area (TPSA) is 29.0 Å². The molecule has 1 heterocycles. The van der Waals surface area contributed by atoms with Crippen LogP contribution in [0.2, 0.25) is 5.15 Å². The van der Waals surface area contributed by atoms with E-state index in [1.54, 1.807) is 6.07 Å². The highest BCUT2D eigenvalue weighted by atomic mass is 35.5. The maximum Gasteiger partial charge on any atom is 0.144 e. The van der Waals surface area contributed by atoms with Gasteiger partial charge in [-0.3, -0.25) is 4.90 Å². The van der Waals surface area contributed by atoms with E-state index in [9.17, 15) is 0 Å². The minimum Gasteiger partial charge on any atom is -0.296 e. The maximum absolute atomic E-state index is 5.92. The van der Waals surface area contributed by atoms with Gasteiger partial charge in [0.2, 0.25) is 0 Å². The molecule has 3 nitrogen and oxygen atoms in total. The summed E-state index contributed by atoms with van der Waals surface area (Å²) in [6.45, 7) is 4.92. The predicted octanol–water partition coefficient (Wildman–Crippen LogP) is 3.01. The van der Waals surface area contributed by atoms with Gasteiger partial charge in [-0.2, -0.15) is 11.8 Å². The first-order chi connectivity index (χ1) is 8.02. The third-order valence-corrected chi connectivity index (χ3v) is 3.59. The van der Waals surface area contributed by atoms with Crippen molar-refractivity contribution in [1.82, 2.24) is 14.9 Å². The van der Waals surface area contributed by atoms with Crippen LogP contribution in [0, 0.1) is 6.92 Å². The monoisotopic (exact) mass is 273 g/mol. The minimum atomic E-state index is 0.526. The zero-order valence-corrected chi connectivity index (χ0v) is 12.5. The van der Waals surface area contributed by atoms with Gasteiger partial charge in [-0.1, -0.05) is 11.6 Å². The molecule has 0 aromatic carbocycles. The summed E-state index contributed by atoms with van der Waals surface area (Å²) in [6, 6.07) is 2.31. The lowest BCUT2D eigenvalue weighted by molar-refractivity contribution is 0.239. The molecule has 0 amide bonds. The van der Waals surface area contributed by atoms with E-state index < -0.39 is 0 Å². The van der Waals surface area contributed by atoms with Crippen molar-refractivity contribution in [2.24, 2.45) is 0 Å². The molecule has 0 saturated heterocycles. The van der Waals surface area contributed by atoms with Crippen LogP contribution in [0.3, 0.4) is 0 Å². The maximum atomic E-state index is 5.92. The molecule has 1 atom stereocenters. The van der Waals surface area contributed by atoms with Crippen LogP contribution in [0.1, 0.15) is 24.9 Å². The average molecular weight is 274 g/mol. The molecular weight excluding hydrogens is 254 g/mol. The molecule has 96 valence electrons. The molecule has 0 saturated carbocycles.